The van der Waals surface area contributed by atoms with Crippen LogP contribution in [0.2, 0.25) is 0 Å². The van der Waals surface area contributed by atoms with Gasteiger partial charge in [-0.25, -0.2) is 0 Å². The van der Waals surface area contributed by atoms with Crippen LogP contribution in [0.1, 0.15) is 11.1 Å². The summed E-state index contributed by atoms with van der Waals surface area (Å²) in [6.07, 6.45) is -2.55. The minimum atomic E-state index is -4.35. The molecule has 0 amide bonds. The fourth-order valence-corrected chi connectivity index (χ4v) is 3.09. The molecule has 0 spiro atoms. The lowest BCUT2D eigenvalue weighted by atomic mass is 10.1. The summed E-state index contributed by atoms with van der Waals surface area (Å²) in [6, 6.07) is 6.79. The molecular weight excluding hydrogens is 293 g/mol. The molecule has 19 heavy (non-hydrogen) atoms. The Morgan fingerprint density at radius 2 is 1.89 bits per heavy atom. The third-order valence-electron chi connectivity index (χ3n) is 2.44. The lowest BCUT2D eigenvalue weighted by Gasteiger charge is -2.06. The predicted molar refractivity (Wildman–Crippen MR) is 69.0 cm³/mol. The van der Waals surface area contributed by atoms with Crippen LogP contribution in [0.4, 0.5) is 13.2 Å². The summed E-state index contributed by atoms with van der Waals surface area (Å²) in [7, 11) is 0. The zero-order valence-corrected chi connectivity index (χ0v) is 11.3. The van der Waals surface area contributed by atoms with Gasteiger partial charge in [0.1, 0.15) is 16.7 Å². The Morgan fingerprint density at radius 1 is 1.26 bits per heavy atom. The predicted octanol–water partition coefficient (Wildman–Crippen LogP) is 4.42. The summed E-state index contributed by atoms with van der Waals surface area (Å²) in [4.78, 5) is 0.598. The van der Waals surface area contributed by atoms with E-state index in [-0.39, 0.29) is 0 Å². The monoisotopic (exact) mass is 300 g/mol. The minimum absolute atomic E-state index is 0.414. The summed E-state index contributed by atoms with van der Waals surface area (Å²) in [5.41, 5.74) is 0.281. The first-order chi connectivity index (χ1) is 8.97. The van der Waals surface area contributed by atoms with Crippen LogP contribution in [-0.4, -0.2) is 10.6 Å². The molecule has 0 fully saturated rings. The quantitative estimate of drug-likeness (QED) is 0.770. The van der Waals surface area contributed by atoms with Gasteiger partial charge < -0.3 is 0 Å². The Hall–Kier alpha value is -1.52. The molecule has 2 aromatic rings. The molecule has 0 atom stereocenters. The highest BCUT2D eigenvalue weighted by molar-refractivity contribution is 7.98. The molecular formula is C12H7F3N2S2. The van der Waals surface area contributed by atoms with Crippen LogP contribution in [0.25, 0.3) is 10.4 Å². The highest BCUT2D eigenvalue weighted by atomic mass is 32.2. The minimum Gasteiger partial charge on any atom is -0.192 e. The second-order valence-electron chi connectivity index (χ2n) is 3.58. The Bertz CT molecular complexity index is 624. The number of hydrogen-bond donors (Lipinski definition) is 0. The molecule has 0 radical (unpaired) electrons. The number of hydrogen-bond acceptors (Lipinski definition) is 4. The number of thioether (sulfide) groups is 1. The van der Waals surface area contributed by atoms with Crippen molar-refractivity contribution in [3.8, 4) is 16.5 Å². The smallest absolute Gasteiger partial charge is 0.192 e. The van der Waals surface area contributed by atoms with Gasteiger partial charge in [0.05, 0.1) is 10.4 Å². The average molecular weight is 300 g/mol. The summed E-state index contributed by atoms with van der Waals surface area (Å²) >= 11 is 2.46. The van der Waals surface area contributed by atoms with Crippen LogP contribution in [0, 0.1) is 11.3 Å². The molecule has 0 N–H and O–H groups in total. The van der Waals surface area contributed by atoms with Gasteiger partial charge in [-0.15, -0.1) is 11.8 Å². The summed E-state index contributed by atoms with van der Waals surface area (Å²) in [5, 5.41) is 9.69. The largest absolute Gasteiger partial charge is 0.416 e. The van der Waals surface area contributed by atoms with Crippen LogP contribution in [0.5, 0.6) is 0 Å². The van der Waals surface area contributed by atoms with Gasteiger partial charge >= 0.3 is 6.18 Å². The van der Waals surface area contributed by atoms with Crippen molar-refractivity contribution >= 4 is 23.3 Å². The van der Waals surface area contributed by atoms with Crippen molar-refractivity contribution in [1.82, 2.24) is 4.37 Å². The van der Waals surface area contributed by atoms with Crippen molar-refractivity contribution in [1.29, 1.82) is 5.26 Å². The van der Waals surface area contributed by atoms with E-state index in [2.05, 4.69) is 4.37 Å². The van der Waals surface area contributed by atoms with E-state index in [1.54, 1.807) is 6.26 Å². The van der Waals surface area contributed by atoms with Crippen molar-refractivity contribution in [3.63, 3.8) is 0 Å². The number of nitrogens with zero attached hydrogens (tertiary/aromatic N) is 2. The van der Waals surface area contributed by atoms with Gasteiger partial charge in [-0.3, -0.25) is 0 Å². The van der Waals surface area contributed by atoms with Gasteiger partial charge in [-0.1, -0.05) is 12.1 Å². The number of halogens is 3. The number of alkyl halides is 3. The van der Waals surface area contributed by atoms with Crippen molar-refractivity contribution in [2.24, 2.45) is 0 Å². The number of nitriles is 1. The molecule has 0 aliphatic heterocycles. The van der Waals surface area contributed by atoms with Crippen molar-refractivity contribution in [2.45, 2.75) is 11.2 Å². The van der Waals surface area contributed by atoms with Crippen LogP contribution in [-0.2, 0) is 6.18 Å². The first-order valence-electron chi connectivity index (χ1n) is 5.08. The first-order valence-corrected chi connectivity index (χ1v) is 7.08. The molecule has 0 saturated carbocycles. The molecule has 7 heteroatoms. The van der Waals surface area contributed by atoms with Crippen LogP contribution < -0.4 is 0 Å². The number of aromatic nitrogens is 1. The maximum atomic E-state index is 12.5. The molecule has 1 heterocycles. The third kappa shape index (κ3) is 2.74. The third-order valence-corrected chi connectivity index (χ3v) is 4.13. The van der Waals surface area contributed by atoms with E-state index in [9.17, 15) is 13.2 Å². The molecule has 1 aromatic heterocycles. The molecule has 0 bridgehead atoms. The van der Waals surface area contributed by atoms with Crippen molar-refractivity contribution in [3.05, 3.63) is 35.4 Å². The summed E-state index contributed by atoms with van der Waals surface area (Å²) in [6.45, 7) is 0. The van der Waals surface area contributed by atoms with Crippen LogP contribution in [0.3, 0.4) is 0 Å². The second-order valence-corrected chi connectivity index (χ2v) is 5.15. The molecule has 2 nitrogen and oxygen atoms in total. The van der Waals surface area contributed by atoms with Gasteiger partial charge in [0.15, 0.2) is 0 Å². The molecule has 0 unspecified atom stereocenters. The Balaban J connectivity index is 2.44. The lowest BCUT2D eigenvalue weighted by molar-refractivity contribution is -0.137. The van der Waals surface area contributed by atoms with Crippen molar-refractivity contribution < 1.29 is 13.2 Å². The van der Waals surface area contributed by atoms with Crippen LogP contribution >= 0.6 is 23.3 Å². The fourth-order valence-electron chi connectivity index (χ4n) is 1.52. The zero-order valence-electron chi connectivity index (χ0n) is 9.65. The molecule has 98 valence electrons. The maximum Gasteiger partial charge on any atom is 0.416 e. The van der Waals surface area contributed by atoms with E-state index in [1.807, 2.05) is 6.07 Å². The highest BCUT2D eigenvalue weighted by Gasteiger charge is 2.30. The van der Waals surface area contributed by atoms with Gasteiger partial charge in [0, 0.05) is 0 Å². The SMILES string of the molecule is CSc1nsc(-c2ccc(C(F)(F)F)cc2)c1C#N. The van der Waals surface area contributed by atoms with E-state index in [0.717, 1.165) is 23.7 Å². The molecule has 0 aliphatic rings. The van der Waals surface area contributed by atoms with E-state index in [1.165, 1.54) is 23.9 Å². The van der Waals surface area contributed by atoms with Gasteiger partial charge in [-0.2, -0.15) is 22.8 Å². The van der Waals surface area contributed by atoms with E-state index in [4.69, 9.17) is 5.26 Å². The van der Waals surface area contributed by atoms with E-state index >= 15 is 0 Å². The molecule has 2 rings (SSSR count). The number of benzene rings is 1. The fraction of sp³-hybridized carbons (Fsp3) is 0.167. The molecule has 1 aromatic carbocycles. The average Bonchev–Trinajstić information content (AvgIpc) is 2.80. The standard InChI is InChI=1S/C12H7F3N2S2/c1-18-11-9(6-16)10(19-17-11)7-2-4-8(5-3-7)12(13,14)15/h2-5H,1H3. The first kappa shape index (κ1) is 13.9. The van der Waals surface area contributed by atoms with E-state index in [0.29, 0.717) is 21.0 Å². The Morgan fingerprint density at radius 3 is 2.37 bits per heavy atom. The summed E-state index contributed by atoms with van der Waals surface area (Å²) < 4.78 is 41.5. The second kappa shape index (κ2) is 5.23. The zero-order chi connectivity index (χ0) is 14.0. The van der Waals surface area contributed by atoms with E-state index < -0.39 is 11.7 Å². The normalized spacial score (nSPS) is 11.3. The highest BCUT2D eigenvalue weighted by Crippen LogP contribution is 2.36. The van der Waals surface area contributed by atoms with Crippen molar-refractivity contribution in [2.75, 3.05) is 6.26 Å². The van der Waals surface area contributed by atoms with Gasteiger partial charge in [-0.05, 0) is 35.5 Å². The number of rotatable bonds is 2. The molecule has 0 saturated heterocycles. The lowest BCUT2D eigenvalue weighted by Crippen LogP contribution is -2.03. The molecule has 0 aliphatic carbocycles. The Labute approximate surface area is 116 Å². The van der Waals surface area contributed by atoms with Crippen LogP contribution in [0.15, 0.2) is 29.3 Å². The van der Waals surface area contributed by atoms with Gasteiger partial charge in [0.25, 0.3) is 0 Å². The topological polar surface area (TPSA) is 36.7 Å². The van der Waals surface area contributed by atoms with Gasteiger partial charge in [0.2, 0.25) is 0 Å². The maximum absolute atomic E-state index is 12.5. The summed E-state index contributed by atoms with van der Waals surface area (Å²) in [5.74, 6) is 0. The Kier molecular flexibility index (Phi) is 3.83.